The lowest BCUT2D eigenvalue weighted by Gasteiger charge is -2.28. The molecule has 1 atom stereocenters. The Morgan fingerprint density at radius 1 is 0.951 bits per heavy atom. The molecule has 0 aliphatic heterocycles. The number of nitrogens with zero attached hydrogens (tertiary/aromatic N) is 3. The highest BCUT2D eigenvalue weighted by molar-refractivity contribution is 6.30. The third kappa shape index (κ3) is 6.74. The molecule has 0 bridgehead atoms. The summed E-state index contributed by atoms with van der Waals surface area (Å²) in [7, 11) is 1.29. The van der Waals surface area contributed by atoms with E-state index in [1.54, 1.807) is 22.7 Å². The number of benzene rings is 3. The zero-order chi connectivity index (χ0) is 28.9. The first-order chi connectivity index (χ1) is 19.8. The third-order valence-electron chi connectivity index (χ3n) is 6.69. The Morgan fingerprint density at radius 3 is 2.32 bits per heavy atom. The number of phenolic OH excluding ortho intramolecular Hbond substituents is 1. The number of aromatic nitrogens is 2. The molecule has 5 aromatic rings. The number of pyridine rings is 1. The molecule has 41 heavy (non-hydrogen) atoms. The van der Waals surface area contributed by atoms with E-state index in [4.69, 9.17) is 21.2 Å². The molecule has 0 saturated heterocycles. The minimum atomic E-state index is -0.955. The number of rotatable bonds is 9. The molecule has 1 N–H and O–H groups in total. The lowest BCUT2D eigenvalue weighted by atomic mass is 10.0. The summed E-state index contributed by atoms with van der Waals surface area (Å²) in [5, 5.41) is 11.7. The number of methoxy groups -OCH3 is 1. The van der Waals surface area contributed by atoms with Crippen molar-refractivity contribution in [3.8, 4) is 16.9 Å². The predicted molar refractivity (Wildman–Crippen MR) is 155 cm³/mol. The number of carbonyl (C=O) groups excluding carboxylic acids is 2. The molecule has 0 radical (unpaired) electrons. The normalized spacial score (nSPS) is 11.9. The van der Waals surface area contributed by atoms with E-state index in [0.717, 1.165) is 27.8 Å². The number of aryl methyl sites for hydroxylation is 1. The predicted octanol–water partition coefficient (Wildman–Crippen LogP) is 6.03. The number of halogens is 1. The van der Waals surface area contributed by atoms with Gasteiger partial charge in [-0.1, -0.05) is 65.7 Å². The van der Waals surface area contributed by atoms with Crippen molar-refractivity contribution in [3.63, 3.8) is 0 Å². The Kier molecular flexibility index (Phi) is 8.33. The second-order valence-electron chi connectivity index (χ2n) is 9.66. The number of phenols is 1. The van der Waals surface area contributed by atoms with E-state index in [0.29, 0.717) is 10.7 Å². The quantitative estimate of drug-likeness (QED) is 0.171. The van der Waals surface area contributed by atoms with E-state index >= 15 is 0 Å². The SMILES string of the molecule is COC(=O)[C@H](Cc1ccc(O)cc1)N(Cc1ccc(C)cc1)OC(=O)c1cn2ccc(-c3ccc(Cl)cc3)cc2n1. The van der Waals surface area contributed by atoms with Crippen LogP contribution >= 0.6 is 11.6 Å². The van der Waals surface area contributed by atoms with Crippen LogP contribution in [-0.2, 0) is 27.3 Å². The van der Waals surface area contributed by atoms with Gasteiger partial charge in [-0.05, 0) is 65.6 Å². The summed E-state index contributed by atoms with van der Waals surface area (Å²) in [6.45, 7) is 2.11. The van der Waals surface area contributed by atoms with E-state index in [-0.39, 0.29) is 24.4 Å². The van der Waals surface area contributed by atoms with E-state index in [9.17, 15) is 14.7 Å². The minimum Gasteiger partial charge on any atom is -0.508 e. The maximum atomic E-state index is 13.4. The Bertz CT molecular complexity index is 1670. The molecule has 0 aliphatic carbocycles. The van der Waals surface area contributed by atoms with Crippen LogP contribution in [0.3, 0.4) is 0 Å². The summed E-state index contributed by atoms with van der Waals surface area (Å²) in [4.78, 5) is 36.8. The van der Waals surface area contributed by atoms with Crippen LogP contribution in [0.1, 0.15) is 27.2 Å². The van der Waals surface area contributed by atoms with Crippen molar-refractivity contribution in [3.05, 3.63) is 125 Å². The number of imidazole rings is 1. The van der Waals surface area contributed by atoms with Gasteiger partial charge in [0.15, 0.2) is 5.69 Å². The van der Waals surface area contributed by atoms with Crippen molar-refractivity contribution < 1.29 is 24.3 Å². The molecular formula is C32H28ClN3O5. The molecule has 0 spiro atoms. The summed E-state index contributed by atoms with van der Waals surface area (Å²) in [6, 6.07) is 24.5. The van der Waals surface area contributed by atoms with Crippen molar-refractivity contribution in [2.24, 2.45) is 0 Å². The monoisotopic (exact) mass is 569 g/mol. The largest absolute Gasteiger partial charge is 0.508 e. The van der Waals surface area contributed by atoms with Gasteiger partial charge in [0, 0.05) is 23.8 Å². The topological polar surface area (TPSA) is 93.4 Å². The molecule has 5 rings (SSSR count). The van der Waals surface area contributed by atoms with Gasteiger partial charge in [0.1, 0.15) is 17.4 Å². The number of hydrogen-bond acceptors (Lipinski definition) is 7. The van der Waals surface area contributed by atoms with Crippen LogP contribution in [0.4, 0.5) is 0 Å². The number of carbonyl (C=O) groups is 2. The van der Waals surface area contributed by atoms with Gasteiger partial charge in [-0.15, -0.1) is 5.06 Å². The fourth-order valence-electron chi connectivity index (χ4n) is 4.43. The highest BCUT2D eigenvalue weighted by Crippen LogP contribution is 2.24. The van der Waals surface area contributed by atoms with Crippen LogP contribution in [0.2, 0.25) is 5.02 Å². The second kappa shape index (κ2) is 12.2. The third-order valence-corrected chi connectivity index (χ3v) is 6.94. The zero-order valence-corrected chi connectivity index (χ0v) is 23.3. The van der Waals surface area contributed by atoms with E-state index < -0.39 is 18.0 Å². The molecule has 2 aromatic heterocycles. The number of hydrogen-bond donors (Lipinski definition) is 1. The maximum absolute atomic E-state index is 13.4. The minimum absolute atomic E-state index is 0.0837. The number of hydroxylamine groups is 2. The summed E-state index contributed by atoms with van der Waals surface area (Å²) in [5.41, 5.74) is 5.19. The van der Waals surface area contributed by atoms with Gasteiger partial charge in [0.25, 0.3) is 0 Å². The molecule has 0 unspecified atom stereocenters. The van der Waals surface area contributed by atoms with Gasteiger partial charge in [-0.25, -0.2) is 9.78 Å². The van der Waals surface area contributed by atoms with E-state index in [1.807, 2.05) is 73.8 Å². The average molecular weight is 570 g/mol. The van der Waals surface area contributed by atoms with Gasteiger partial charge >= 0.3 is 11.9 Å². The second-order valence-corrected chi connectivity index (χ2v) is 10.1. The molecule has 208 valence electrons. The first kappa shape index (κ1) is 27.9. The van der Waals surface area contributed by atoms with E-state index in [2.05, 4.69) is 4.98 Å². The van der Waals surface area contributed by atoms with Crippen molar-refractivity contribution in [2.45, 2.75) is 25.9 Å². The molecule has 0 aliphatic rings. The van der Waals surface area contributed by atoms with Crippen LogP contribution < -0.4 is 0 Å². The summed E-state index contributed by atoms with van der Waals surface area (Å²) in [6.07, 6.45) is 3.58. The highest BCUT2D eigenvalue weighted by atomic mass is 35.5. The zero-order valence-electron chi connectivity index (χ0n) is 22.5. The van der Waals surface area contributed by atoms with Crippen molar-refractivity contribution in [2.75, 3.05) is 7.11 Å². The molecule has 3 aromatic carbocycles. The Labute approximate surface area is 242 Å². The summed E-state index contributed by atoms with van der Waals surface area (Å²) in [5.74, 6) is -1.17. The van der Waals surface area contributed by atoms with Crippen LogP contribution in [0.15, 0.2) is 97.3 Å². The Balaban J connectivity index is 1.44. The molecule has 0 fully saturated rings. The summed E-state index contributed by atoms with van der Waals surface area (Å²) >= 11 is 6.02. The molecular weight excluding hydrogens is 542 g/mol. The maximum Gasteiger partial charge on any atom is 0.377 e. The molecule has 2 heterocycles. The number of fused-ring (bicyclic) bond motifs is 1. The van der Waals surface area contributed by atoms with Crippen LogP contribution in [0.25, 0.3) is 16.8 Å². The Hall–Kier alpha value is -4.66. The van der Waals surface area contributed by atoms with Crippen molar-refractivity contribution >= 4 is 29.2 Å². The van der Waals surface area contributed by atoms with Gasteiger partial charge < -0.3 is 19.1 Å². The van der Waals surface area contributed by atoms with Gasteiger partial charge in [0.05, 0.1) is 13.7 Å². The standard InChI is InChI=1S/C32H28ClN3O5/c1-21-3-5-23(6-4-21)19-36(29(32(39)40-2)17-22-7-13-27(37)14-8-22)41-31(38)28-20-35-16-15-25(18-30(35)34-28)24-9-11-26(33)12-10-24/h3-16,18,20,29,37H,17,19H2,1-2H3/t29-/m0/s1. The lowest BCUT2D eigenvalue weighted by Crippen LogP contribution is -2.44. The van der Waals surface area contributed by atoms with Crippen LogP contribution in [0.5, 0.6) is 5.75 Å². The fourth-order valence-corrected chi connectivity index (χ4v) is 4.55. The smallest absolute Gasteiger partial charge is 0.377 e. The summed E-state index contributed by atoms with van der Waals surface area (Å²) < 4.78 is 6.83. The van der Waals surface area contributed by atoms with Gasteiger partial charge in [-0.3, -0.25) is 4.79 Å². The van der Waals surface area contributed by atoms with Gasteiger partial charge in [-0.2, -0.15) is 0 Å². The number of aromatic hydroxyl groups is 1. The first-order valence-electron chi connectivity index (χ1n) is 12.9. The van der Waals surface area contributed by atoms with Gasteiger partial charge in [0.2, 0.25) is 0 Å². The molecule has 8 nitrogen and oxygen atoms in total. The van der Waals surface area contributed by atoms with Crippen molar-refractivity contribution in [1.29, 1.82) is 0 Å². The molecule has 9 heteroatoms. The van der Waals surface area contributed by atoms with Crippen LogP contribution in [-0.4, -0.2) is 44.6 Å². The fraction of sp³-hybridized carbons (Fsp3) is 0.156. The average Bonchev–Trinajstić information content (AvgIpc) is 3.41. The lowest BCUT2D eigenvalue weighted by molar-refractivity contribution is -0.177. The number of ether oxygens (including phenoxy) is 1. The van der Waals surface area contributed by atoms with Crippen molar-refractivity contribution in [1.82, 2.24) is 14.4 Å². The Morgan fingerprint density at radius 2 is 1.63 bits per heavy atom. The van der Waals surface area contributed by atoms with Crippen LogP contribution in [0, 0.1) is 6.92 Å². The molecule has 0 saturated carbocycles. The number of esters is 1. The first-order valence-corrected chi connectivity index (χ1v) is 13.3. The van der Waals surface area contributed by atoms with E-state index in [1.165, 1.54) is 24.3 Å². The highest BCUT2D eigenvalue weighted by Gasteiger charge is 2.32. The molecule has 0 amide bonds.